The summed E-state index contributed by atoms with van der Waals surface area (Å²) in [5, 5.41) is 12.3. The van der Waals surface area contributed by atoms with E-state index in [0.717, 1.165) is 22.4 Å². The molecule has 4 nitrogen and oxygen atoms in total. The average molecular weight is 277 g/mol. The number of rotatable bonds is 1. The number of fused-ring (bicyclic) bond motifs is 1. The van der Waals surface area contributed by atoms with E-state index in [1.54, 1.807) is 24.1 Å². The van der Waals surface area contributed by atoms with Crippen molar-refractivity contribution in [1.29, 1.82) is 5.26 Å². The lowest BCUT2D eigenvalue weighted by molar-refractivity contribution is 0.0734. The lowest BCUT2D eigenvalue weighted by Crippen LogP contribution is -2.40. The van der Waals surface area contributed by atoms with E-state index in [-0.39, 0.29) is 12.1 Å². The molecule has 0 radical (unpaired) electrons. The maximum Gasteiger partial charge on any atom is 0.257 e. The Hall–Kier alpha value is -2.80. The smallest absolute Gasteiger partial charge is 0.257 e. The first-order valence-corrected chi connectivity index (χ1v) is 6.75. The molecule has 3 rings (SSSR count). The number of benzene rings is 2. The highest BCUT2D eigenvalue weighted by atomic mass is 16.2. The summed E-state index contributed by atoms with van der Waals surface area (Å²) in [6.07, 6.45) is -0.223. The Labute approximate surface area is 123 Å². The molecule has 104 valence electrons. The van der Waals surface area contributed by atoms with Crippen LogP contribution in [-0.2, 0) is 0 Å². The van der Waals surface area contributed by atoms with Crippen LogP contribution in [-0.4, -0.2) is 17.9 Å². The summed E-state index contributed by atoms with van der Waals surface area (Å²) in [4.78, 5) is 14.3. The van der Waals surface area contributed by atoms with Gasteiger partial charge < -0.3 is 10.2 Å². The maximum absolute atomic E-state index is 12.6. The molecule has 0 fully saturated rings. The van der Waals surface area contributed by atoms with Crippen molar-refractivity contribution in [1.82, 2.24) is 4.90 Å². The van der Waals surface area contributed by atoms with Gasteiger partial charge in [-0.25, -0.2) is 0 Å². The first-order valence-electron chi connectivity index (χ1n) is 6.75. The summed E-state index contributed by atoms with van der Waals surface area (Å²) in [5.41, 5.74) is 4.12. The monoisotopic (exact) mass is 277 g/mol. The third kappa shape index (κ3) is 2.13. The molecule has 0 aromatic heterocycles. The number of amides is 1. The number of hydrogen-bond donors (Lipinski definition) is 1. The highest BCUT2D eigenvalue weighted by Gasteiger charge is 2.31. The van der Waals surface area contributed by atoms with Crippen LogP contribution < -0.4 is 5.32 Å². The van der Waals surface area contributed by atoms with E-state index in [4.69, 9.17) is 5.26 Å². The van der Waals surface area contributed by atoms with Gasteiger partial charge in [-0.05, 0) is 36.2 Å². The van der Waals surface area contributed by atoms with Gasteiger partial charge in [0.25, 0.3) is 5.91 Å². The lowest BCUT2D eigenvalue weighted by Gasteiger charge is -2.36. The minimum absolute atomic E-state index is 0.0104. The van der Waals surface area contributed by atoms with Crippen molar-refractivity contribution in [3.8, 4) is 6.07 Å². The Kier molecular flexibility index (Phi) is 3.11. The maximum atomic E-state index is 12.6. The number of anilines is 1. The molecule has 1 N–H and O–H groups in total. The largest absolute Gasteiger partial charge is 0.361 e. The fourth-order valence-corrected chi connectivity index (χ4v) is 2.66. The van der Waals surface area contributed by atoms with Crippen molar-refractivity contribution >= 4 is 11.6 Å². The van der Waals surface area contributed by atoms with Crippen LogP contribution in [0.5, 0.6) is 0 Å². The highest BCUT2D eigenvalue weighted by Crippen LogP contribution is 2.33. The normalized spacial score (nSPS) is 16.9. The van der Waals surface area contributed by atoms with Crippen molar-refractivity contribution in [2.45, 2.75) is 13.1 Å². The second-order valence-electron chi connectivity index (χ2n) is 5.19. The fourth-order valence-electron chi connectivity index (χ4n) is 2.66. The van der Waals surface area contributed by atoms with E-state index in [0.29, 0.717) is 5.56 Å². The van der Waals surface area contributed by atoms with Crippen LogP contribution in [0.25, 0.3) is 0 Å². The molecule has 0 aliphatic carbocycles. The van der Waals surface area contributed by atoms with Crippen LogP contribution in [0.1, 0.15) is 33.2 Å². The van der Waals surface area contributed by atoms with Gasteiger partial charge in [0.05, 0.1) is 17.2 Å². The lowest BCUT2D eigenvalue weighted by atomic mass is 10.00. The molecular formula is C17H15N3O. The predicted molar refractivity (Wildman–Crippen MR) is 80.8 cm³/mol. The molecule has 0 spiro atoms. The summed E-state index contributed by atoms with van der Waals surface area (Å²) in [7, 11) is 1.79. The van der Waals surface area contributed by atoms with Gasteiger partial charge in [-0.3, -0.25) is 4.79 Å². The van der Waals surface area contributed by atoms with E-state index < -0.39 is 0 Å². The minimum Gasteiger partial charge on any atom is -0.361 e. The van der Waals surface area contributed by atoms with Gasteiger partial charge in [-0.1, -0.05) is 24.3 Å². The van der Waals surface area contributed by atoms with Crippen LogP contribution in [0.4, 0.5) is 5.69 Å². The van der Waals surface area contributed by atoms with Crippen LogP contribution in [0.2, 0.25) is 0 Å². The van der Waals surface area contributed by atoms with Gasteiger partial charge in [0, 0.05) is 12.7 Å². The van der Waals surface area contributed by atoms with Crippen LogP contribution in [0.15, 0.2) is 42.5 Å². The van der Waals surface area contributed by atoms with Crippen molar-refractivity contribution in [3.63, 3.8) is 0 Å². The number of nitrogens with one attached hydrogen (secondary N) is 1. The molecule has 2 aromatic rings. The van der Waals surface area contributed by atoms with Crippen LogP contribution in [0, 0.1) is 18.3 Å². The van der Waals surface area contributed by atoms with Crippen LogP contribution in [0.3, 0.4) is 0 Å². The molecule has 2 aromatic carbocycles. The zero-order valence-electron chi connectivity index (χ0n) is 11.9. The molecule has 1 atom stereocenters. The summed E-state index contributed by atoms with van der Waals surface area (Å²) in [5.74, 6) is 0.0104. The fraction of sp³-hybridized carbons (Fsp3) is 0.176. The first kappa shape index (κ1) is 13.2. The topological polar surface area (TPSA) is 56.1 Å². The third-order valence-corrected chi connectivity index (χ3v) is 3.84. The Balaban J connectivity index is 2.02. The van der Waals surface area contributed by atoms with E-state index in [1.165, 1.54) is 0 Å². The quantitative estimate of drug-likeness (QED) is 0.871. The van der Waals surface area contributed by atoms with Gasteiger partial charge >= 0.3 is 0 Å². The molecule has 1 aliphatic heterocycles. The van der Waals surface area contributed by atoms with Gasteiger partial charge in [0.1, 0.15) is 6.17 Å². The number of nitriles is 1. The third-order valence-electron chi connectivity index (χ3n) is 3.84. The number of carbonyl (C=O) groups is 1. The molecule has 0 bridgehead atoms. The standard InChI is InChI=1S/C17H15N3O/c1-11-4-3-5-14-15(11)17(21)20(2)16(19-14)13-8-6-12(10-18)7-9-13/h3-9,16,19H,1-2H3. The molecule has 0 saturated heterocycles. The Bertz CT molecular complexity index is 744. The van der Waals surface area contributed by atoms with Crippen molar-refractivity contribution in [2.75, 3.05) is 12.4 Å². The summed E-state index contributed by atoms with van der Waals surface area (Å²) >= 11 is 0. The van der Waals surface area contributed by atoms with Gasteiger partial charge in [-0.2, -0.15) is 5.26 Å². The first-order chi connectivity index (χ1) is 10.1. The second kappa shape index (κ2) is 4.95. The highest BCUT2D eigenvalue weighted by molar-refractivity contribution is 6.02. The Morgan fingerprint density at radius 1 is 1.19 bits per heavy atom. The zero-order valence-corrected chi connectivity index (χ0v) is 11.9. The van der Waals surface area contributed by atoms with Crippen LogP contribution >= 0.6 is 0 Å². The molecule has 21 heavy (non-hydrogen) atoms. The van der Waals surface area contributed by atoms with Gasteiger partial charge in [0.2, 0.25) is 0 Å². The molecular weight excluding hydrogens is 262 g/mol. The van der Waals surface area contributed by atoms with Crippen molar-refractivity contribution < 1.29 is 4.79 Å². The molecule has 1 amide bonds. The molecule has 1 aliphatic rings. The number of carbonyl (C=O) groups excluding carboxylic acids is 1. The van der Waals surface area contributed by atoms with E-state index >= 15 is 0 Å². The molecule has 4 heteroatoms. The molecule has 1 heterocycles. The zero-order chi connectivity index (χ0) is 15.0. The van der Waals surface area contributed by atoms with Crippen molar-refractivity contribution in [2.24, 2.45) is 0 Å². The summed E-state index contributed by atoms with van der Waals surface area (Å²) in [6, 6.07) is 15.2. The number of nitrogens with zero attached hydrogens (tertiary/aromatic N) is 2. The van der Waals surface area contributed by atoms with E-state index in [1.807, 2.05) is 37.3 Å². The average Bonchev–Trinajstić information content (AvgIpc) is 2.51. The summed E-state index contributed by atoms with van der Waals surface area (Å²) in [6.45, 7) is 1.94. The number of aryl methyl sites for hydroxylation is 1. The SMILES string of the molecule is Cc1cccc2c1C(=O)N(C)C(c1ccc(C#N)cc1)N2. The predicted octanol–water partition coefficient (Wildman–Crippen LogP) is 3.06. The number of hydrogen-bond acceptors (Lipinski definition) is 3. The Morgan fingerprint density at radius 2 is 1.90 bits per heavy atom. The molecule has 0 saturated carbocycles. The molecule has 1 unspecified atom stereocenters. The van der Waals surface area contributed by atoms with Crippen molar-refractivity contribution in [3.05, 3.63) is 64.7 Å². The second-order valence-corrected chi connectivity index (χ2v) is 5.19. The van der Waals surface area contributed by atoms with Gasteiger partial charge in [0.15, 0.2) is 0 Å². The van der Waals surface area contributed by atoms with Gasteiger partial charge in [-0.15, -0.1) is 0 Å². The summed E-state index contributed by atoms with van der Waals surface area (Å²) < 4.78 is 0. The van der Waals surface area contributed by atoms with E-state index in [9.17, 15) is 4.79 Å². The Morgan fingerprint density at radius 3 is 2.57 bits per heavy atom. The minimum atomic E-state index is -0.223. The van der Waals surface area contributed by atoms with E-state index in [2.05, 4.69) is 11.4 Å².